The molecule has 41 heavy (non-hydrogen) atoms. The third-order valence-electron chi connectivity index (χ3n) is 6.55. The molecule has 1 aromatic heterocycles. The van der Waals surface area contributed by atoms with Crippen molar-refractivity contribution in [3.8, 4) is 0 Å². The number of likely N-dealkylation sites (tertiary alicyclic amines) is 1. The number of carbonyl (C=O) groups is 3. The van der Waals surface area contributed by atoms with Crippen LogP contribution in [0.25, 0.3) is 0 Å². The van der Waals surface area contributed by atoms with Crippen LogP contribution in [0.1, 0.15) is 44.7 Å². The standard InChI is InChI=1S/C31H38N6O4/c1-31(2,3)41-30(40)37-15-7-10-22(20-37)29(39)36-25-13-11-24(12-14-25)35-28-17-26(23(19-34-28)16-27(32)38)33-18-21-8-5-4-6-9-21/h4-6,8-9,11-14,17,19,22H,7,10,15-16,18,20H2,1-3H3,(H2,32,38)(H,36,39)(H2,33,34,35). The van der Waals surface area contributed by atoms with Crippen LogP contribution in [-0.2, 0) is 27.3 Å². The number of carbonyl (C=O) groups excluding carboxylic acids is 3. The number of amides is 3. The number of rotatable bonds is 9. The minimum absolute atomic E-state index is 0.0787. The molecule has 10 heteroatoms. The van der Waals surface area contributed by atoms with Gasteiger partial charge >= 0.3 is 6.09 Å². The second kappa shape index (κ2) is 13.2. The number of nitrogens with two attached hydrogens (primary N) is 1. The van der Waals surface area contributed by atoms with Gasteiger partial charge in [0.15, 0.2) is 0 Å². The number of pyridine rings is 1. The molecule has 5 N–H and O–H groups in total. The molecular weight excluding hydrogens is 520 g/mol. The average molecular weight is 559 g/mol. The van der Waals surface area contributed by atoms with Gasteiger partial charge in [0.05, 0.1) is 12.3 Å². The molecule has 2 heterocycles. The van der Waals surface area contributed by atoms with Gasteiger partial charge < -0.3 is 31.3 Å². The maximum absolute atomic E-state index is 13.0. The van der Waals surface area contributed by atoms with Crippen molar-refractivity contribution in [1.29, 1.82) is 0 Å². The van der Waals surface area contributed by atoms with E-state index in [4.69, 9.17) is 10.5 Å². The minimum Gasteiger partial charge on any atom is -0.444 e. The van der Waals surface area contributed by atoms with Crippen molar-refractivity contribution in [3.63, 3.8) is 0 Å². The highest BCUT2D eigenvalue weighted by atomic mass is 16.6. The number of benzene rings is 2. The molecule has 0 radical (unpaired) electrons. The van der Waals surface area contributed by atoms with E-state index in [-0.39, 0.29) is 24.3 Å². The molecule has 0 aliphatic carbocycles. The summed E-state index contributed by atoms with van der Waals surface area (Å²) >= 11 is 0. The fourth-order valence-electron chi connectivity index (χ4n) is 4.55. The maximum atomic E-state index is 13.0. The van der Waals surface area contributed by atoms with Crippen LogP contribution in [0.3, 0.4) is 0 Å². The normalized spacial score (nSPS) is 15.1. The number of aromatic nitrogens is 1. The molecule has 10 nitrogen and oxygen atoms in total. The van der Waals surface area contributed by atoms with Crippen molar-refractivity contribution >= 4 is 40.8 Å². The minimum atomic E-state index is -0.580. The van der Waals surface area contributed by atoms with Crippen molar-refractivity contribution in [2.45, 2.75) is 52.2 Å². The van der Waals surface area contributed by atoms with Crippen LogP contribution in [0.15, 0.2) is 66.9 Å². The monoisotopic (exact) mass is 558 g/mol. The summed E-state index contributed by atoms with van der Waals surface area (Å²) < 4.78 is 5.47. The molecule has 4 rings (SSSR count). The van der Waals surface area contributed by atoms with Crippen molar-refractivity contribution < 1.29 is 19.1 Å². The summed E-state index contributed by atoms with van der Waals surface area (Å²) in [4.78, 5) is 43.0. The van der Waals surface area contributed by atoms with E-state index in [1.165, 1.54) is 0 Å². The Hall–Kier alpha value is -4.60. The number of ether oxygens (including phenoxy) is 1. The molecule has 3 amide bonds. The molecule has 1 aliphatic heterocycles. The smallest absolute Gasteiger partial charge is 0.410 e. The van der Waals surface area contributed by atoms with Gasteiger partial charge in [0.2, 0.25) is 11.8 Å². The third kappa shape index (κ3) is 8.96. The molecular formula is C31H38N6O4. The van der Waals surface area contributed by atoms with E-state index in [0.717, 1.165) is 23.4 Å². The Bertz CT molecular complexity index is 1360. The Kier molecular flexibility index (Phi) is 9.44. The zero-order valence-electron chi connectivity index (χ0n) is 23.8. The molecule has 1 saturated heterocycles. The van der Waals surface area contributed by atoms with Crippen molar-refractivity contribution in [1.82, 2.24) is 9.88 Å². The summed E-state index contributed by atoms with van der Waals surface area (Å²) in [5.41, 5.74) is 8.88. The SMILES string of the molecule is CC(C)(C)OC(=O)N1CCCC(C(=O)Nc2ccc(Nc3cc(NCc4ccccc4)c(CC(N)=O)cn3)cc2)C1. The summed E-state index contributed by atoms with van der Waals surface area (Å²) in [6, 6.07) is 19.1. The molecule has 1 fully saturated rings. The predicted molar refractivity (Wildman–Crippen MR) is 160 cm³/mol. The van der Waals surface area contributed by atoms with Gasteiger partial charge in [-0.05, 0) is 63.4 Å². The highest BCUT2D eigenvalue weighted by molar-refractivity contribution is 5.93. The van der Waals surface area contributed by atoms with Crippen LogP contribution in [-0.4, -0.2) is 46.5 Å². The quantitative estimate of drug-likeness (QED) is 0.288. The van der Waals surface area contributed by atoms with E-state index in [1.54, 1.807) is 11.1 Å². The number of hydrogen-bond acceptors (Lipinski definition) is 7. The lowest BCUT2D eigenvalue weighted by Crippen LogP contribution is -2.45. The van der Waals surface area contributed by atoms with Crippen molar-refractivity contribution in [2.75, 3.05) is 29.0 Å². The lowest BCUT2D eigenvalue weighted by molar-refractivity contribution is -0.121. The molecule has 0 bridgehead atoms. The number of nitrogens with one attached hydrogen (secondary N) is 3. The third-order valence-corrected chi connectivity index (χ3v) is 6.55. The fraction of sp³-hybridized carbons (Fsp3) is 0.355. The average Bonchev–Trinajstić information content (AvgIpc) is 2.93. The summed E-state index contributed by atoms with van der Waals surface area (Å²) in [5.74, 6) is -0.271. The van der Waals surface area contributed by atoms with Crippen LogP contribution in [0.4, 0.5) is 27.7 Å². The Morgan fingerprint density at radius 1 is 1.05 bits per heavy atom. The van der Waals surface area contributed by atoms with Crippen molar-refractivity contribution in [2.24, 2.45) is 11.7 Å². The van der Waals surface area contributed by atoms with Crippen LogP contribution in [0.5, 0.6) is 0 Å². The molecule has 1 unspecified atom stereocenters. The van der Waals surface area contributed by atoms with E-state index in [1.807, 2.05) is 81.4 Å². The zero-order valence-corrected chi connectivity index (χ0v) is 23.8. The van der Waals surface area contributed by atoms with Crippen LogP contribution < -0.4 is 21.7 Å². The van der Waals surface area contributed by atoms with Crippen molar-refractivity contribution in [3.05, 3.63) is 78.0 Å². The predicted octanol–water partition coefficient (Wildman–Crippen LogP) is 5.05. The van der Waals surface area contributed by atoms with Crippen LogP contribution in [0, 0.1) is 5.92 Å². The molecule has 1 aliphatic rings. The summed E-state index contributed by atoms with van der Waals surface area (Å²) in [6.45, 7) is 6.98. The highest BCUT2D eigenvalue weighted by Crippen LogP contribution is 2.25. The number of piperidine rings is 1. The molecule has 216 valence electrons. The Morgan fingerprint density at radius 2 is 1.76 bits per heavy atom. The molecule has 2 aromatic carbocycles. The first-order valence-electron chi connectivity index (χ1n) is 13.8. The van der Waals surface area contributed by atoms with Crippen LogP contribution >= 0.6 is 0 Å². The molecule has 0 spiro atoms. The van der Waals surface area contributed by atoms with E-state index < -0.39 is 11.5 Å². The van der Waals surface area contributed by atoms with Gasteiger partial charge in [-0.2, -0.15) is 0 Å². The Balaban J connectivity index is 1.36. The number of primary amides is 1. The van der Waals surface area contributed by atoms with E-state index in [9.17, 15) is 14.4 Å². The zero-order chi connectivity index (χ0) is 29.4. The summed E-state index contributed by atoms with van der Waals surface area (Å²) in [7, 11) is 0. The largest absolute Gasteiger partial charge is 0.444 e. The van der Waals surface area contributed by atoms with E-state index >= 15 is 0 Å². The van der Waals surface area contributed by atoms with Crippen LogP contribution in [0.2, 0.25) is 0 Å². The number of anilines is 4. The van der Waals surface area contributed by atoms with Gasteiger partial charge in [-0.15, -0.1) is 0 Å². The van der Waals surface area contributed by atoms with Gasteiger partial charge in [-0.3, -0.25) is 9.59 Å². The fourth-order valence-corrected chi connectivity index (χ4v) is 4.55. The lowest BCUT2D eigenvalue weighted by Gasteiger charge is -2.33. The second-order valence-electron chi connectivity index (χ2n) is 11.2. The van der Waals surface area contributed by atoms with E-state index in [2.05, 4.69) is 20.9 Å². The molecule has 3 aromatic rings. The molecule has 0 saturated carbocycles. The van der Waals surface area contributed by atoms with Gasteiger partial charge in [0, 0.05) is 54.5 Å². The topological polar surface area (TPSA) is 139 Å². The Morgan fingerprint density at radius 3 is 2.44 bits per heavy atom. The number of hydrogen-bond donors (Lipinski definition) is 4. The highest BCUT2D eigenvalue weighted by Gasteiger charge is 2.31. The number of nitrogens with zero attached hydrogens (tertiary/aromatic N) is 2. The summed E-state index contributed by atoms with van der Waals surface area (Å²) in [6.07, 6.45) is 2.78. The maximum Gasteiger partial charge on any atom is 0.410 e. The van der Waals surface area contributed by atoms with E-state index in [0.29, 0.717) is 43.1 Å². The first-order chi connectivity index (χ1) is 19.6. The first kappa shape index (κ1) is 29.4. The van der Waals surface area contributed by atoms with Gasteiger partial charge in [-0.1, -0.05) is 30.3 Å². The second-order valence-corrected chi connectivity index (χ2v) is 11.2. The summed E-state index contributed by atoms with van der Waals surface area (Å²) in [5, 5.41) is 9.60. The Labute approximate surface area is 240 Å². The lowest BCUT2D eigenvalue weighted by atomic mass is 9.97. The van der Waals surface area contributed by atoms with Gasteiger partial charge in [0.1, 0.15) is 11.4 Å². The van der Waals surface area contributed by atoms with Gasteiger partial charge in [0.25, 0.3) is 0 Å². The van der Waals surface area contributed by atoms with Gasteiger partial charge in [-0.25, -0.2) is 9.78 Å². The molecule has 1 atom stereocenters. The first-order valence-corrected chi connectivity index (χ1v) is 13.8.